The van der Waals surface area contributed by atoms with Gasteiger partial charge >= 0.3 is 12.1 Å². The zero-order chi connectivity index (χ0) is 17.5. The number of carbonyl (C=O) groups is 2. The first-order valence-corrected chi connectivity index (χ1v) is 7.25. The van der Waals surface area contributed by atoms with Gasteiger partial charge in [0, 0.05) is 0 Å². The van der Waals surface area contributed by atoms with Gasteiger partial charge in [0.2, 0.25) is 0 Å². The molecular weight excluding hydrogens is 298 g/mol. The molecule has 1 aromatic rings. The molecule has 0 aliphatic rings. The zero-order valence-corrected chi connectivity index (χ0v) is 13.7. The molecule has 1 N–H and O–H groups in total. The fourth-order valence-corrected chi connectivity index (χ4v) is 1.80. The lowest BCUT2D eigenvalue weighted by Gasteiger charge is -2.23. The van der Waals surface area contributed by atoms with E-state index in [1.807, 2.05) is 0 Å². The Balaban J connectivity index is 3.07. The summed E-state index contributed by atoms with van der Waals surface area (Å²) in [5.41, 5.74) is -0.285. The Labute approximate surface area is 135 Å². The van der Waals surface area contributed by atoms with Crippen LogP contribution < -0.4 is 5.32 Å². The van der Waals surface area contributed by atoms with Crippen molar-refractivity contribution in [2.75, 3.05) is 6.61 Å². The molecule has 1 amide bonds. The minimum Gasteiger partial charge on any atom is -0.464 e. The molecule has 1 rings (SSSR count). The van der Waals surface area contributed by atoms with E-state index in [1.165, 1.54) is 0 Å². The van der Waals surface area contributed by atoms with Crippen molar-refractivity contribution in [3.63, 3.8) is 0 Å². The maximum Gasteiger partial charge on any atom is 0.408 e. The molecule has 0 saturated carbocycles. The molecule has 1 aromatic carbocycles. The second kappa shape index (κ2) is 8.15. The number of rotatable bonds is 5. The standard InChI is InChI=1S/C17H21NO5/c1-5-22-15(20)14(18-16(21)23-17(2,3)4)13(11-19)12-9-7-6-8-10-12/h6-10,14H,5H2,1-4H3,(H,18,21)/t14-/m0/s1. The van der Waals surface area contributed by atoms with Gasteiger partial charge in [0.05, 0.1) is 12.2 Å². The molecule has 1 atom stereocenters. The van der Waals surface area contributed by atoms with E-state index in [-0.39, 0.29) is 12.2 Å². The molecule has 6 nitrogen and oxygen atoms in total. The summed E-state index contributed by atoms with van der Waals surface area (Å²) < 4.78 is 10.1. The molecule has 0 unspecified atom stereocenters. The van der Waals surface area contributed by atoms with Crippen LogP contribution >= 0.6 is 0 Å². The molecule has 0 aromatic heterocycles. The second-order valence-electron chi connectivity index (χ2n) is 5.71. The first kappa shape index (κ1) is 18.5. The molecule has 0 saturated heterocycles. The maximum absolute atomic E-state index is 12.1. The Bertz CT molecular complexity index is 597. The third kappa shape index (κ3) is 5.96. The first-order chi connectivity index (χ1) is 10.8. The van der Waals surface area contributed by atoms with E-state index in [4.69, 9.17) is 9.47 Å². The SMILES string of the molecule is CCOC(=O)[C@@H](NC(=O)OC(C)(C)C)C(=C=O)c1ccccc1. The highest BCUT2D eigenvalue weighted by atomic mass is 16.6. The third-order valence-electron chi connectivity index (χ3n) is 2.67. The number of hydrogen-bond acceptors (Lipinski definition) is 5. The average molecular weight is 319 g/mol. The zero-order valence-electron chi connectivity index (χ0n) is 13.7. The van der Waals surface area contributed by atoms with Crippen LogP contribution in [-0.4, -0.2) is 36.3 Å². The van der Waals surface area contributed by atoms with Gasteiger partial charge < -0.3 is 14.8 Å². The van der Waals surface area contributed by atoms with Crippen LogP contribution in [0.1, 0.15) is 33.3 Å². The maximum atomic E-state index is 12.1. The number of esters is 1. The largest absolute Gasteiger partial charge is 0.464 e. The van der Waals surface area contributed by atoms with E-state index in [1.54, 1.807) is 64.0 Å². The summed E-state index contributed by atoms with van der Waals surface area (Å²) in [4.78, 5) is 35.4. The van der Waals surface area contributed by atoms with Gasteiger partial charge in [-0.25, -0.2) is 14.4 Å². The lowest BCUT2D eigenvalue weighted by Crippen LogP contribution is -2.45. The van der Waals surface area contributed by atoms with Crippen molar-refractivity contribution in [3.8, 4) is 0 Å². The van der Waals surface area contributed by atoms with Gasteiger partial charge in [-0.15, -0.1) is 0 Å². The Morgan fingerprint density at radius 3 is 2.30 bits per heavy atom. The molecule has 124 valence electrons. The van der Waals surface area contributed by atoms with Gasteiger partial charge in [-0.05, 0) is 33.3 Å². The van der Waals surface area contributed by atoms with Crippen LogP contribution in [0.15, 0.2) is 30.3 Å². The molecule has 0 radical (unpaired) electrons. The van der Waals surface area contributed by atoms with Crippen LogP contribution in [0.25, 0.3) is 5.57 Å². The molecule has 0 aliphatic heterocycles. The summed E-state index contributed by atoms with van der Waals surface area (Å²) in [6.45, 7) is 6.83. The normalized spacial score (nSPS) is 11.8. The number of benzene rings is 1. The van der Waals surface area contributed by atoms with Crippen LogP contribution in [0, 0.1) is 0 Å². The number of alkyl carbamates (subject to hydrolysis) is 1. The van der Waals surface area contributed by atoms with Crippen molar-refractivity contribution < 1.29 is 23.9 Å². The Hall–Kier alpha value is -2.59. The van der Waals surface area contributed by atoms with Crippen molar-refractivity contribution in [1.29, 1.82) is 0 Å². The highest BCUT2D eigenvalue weighted by Gasteiger charge is 2.30. The smallest absolute Gasteiger partial charge is 0.408 e. The fraction of sp³-hybridized carbons (Fsp3) is 0.412. The van der Waals surface area contributed by atoms with E-state index >= 15 is 0 Å². The molecule has 6 heteroatoms. The summed E-state index contributed by atoms with van der Waals surface area (Å²) >= 11 is 0. The van der Waals surface area contributed by atoms with Crippen LogP contribution in [0.3, 0.4) is 0 Å². The van der Waals surface area contributed by atoms with E-state index in [2.05, 4.69) is 5.32 Å². The Morgan fingerprint density at radius 2 is 1.83 bits per heavy atom. The minimum absolute atomic E-state index is 0.0186. The first-order valence-electron chi connectivity index (χ1n) is 7.25. The van der Waals surface area contributed by atoms with Gasteiger partial charge in [-0.2, -0.15) is 0 Å². The van der Waals surface area contributed by atoms with Crippen molar-refractivity contribution in [3.05, 3.63) is 35.9 Å². The summed E-state index contributed by atoms with van der Waals surface area (Å²) in [5, 5.41) is 2.37. The van der Waals surface area contributed by atoms with E-state index in [0.29, 0.717) is 5.56 Å². The number of nitrogens with one attached hydrogen (secondary N) is 1. The van der Waals surface area contributed by atoms with Crippen LogP contribution in [-0.2, 0) is 19.1 Å². The number of carbonyl (C=O) groups excluding carboxylic acids is 3. The van der Waals surface area contributed by atoms with Gasteiger partial charge in [-0.1, -0.05) is 30.3 Å². The predicted molar refractivity (Wildman–Crippen MR) is 85.3 cm³/mol. The number of amides is 1. The quantitative estimate of drug-likeness (QED) is 0.665. The van der Waals surface area contributed by atoms with E-state index < -0.39 is 23.7 Å². The van der Waals surface area contributed by atoms with E-state index in [9.17, 15) is 14.4 Å². The van der Waals surface area contributed by atoms with Gasteiger partial charge in [0.1, 0.15) is 11.5 Å². The summed E-state index contributed by atoms with van der Waals surface area (Å²) in [7, 11) is 0. The average Bonchev–Trinajstić information content (AvgIpc) is 2.46. The summed E-state index contributed by atoms with van der Waals surface area (Å²) in [6, 6.07) is 7.19. The third-order valence-corrected chi connectivity index (χ3v) is 2.67. The Morgan fingerprint density at radius 1 is 1.22 bits per heavy atom. The fourth-order valence-electron chi connectivity index (χ4n) is 1.80. The van der Waals surface area contributed by atoms with Crippen molar-refractivity contribution in [1.82, 2.24) is 5.32 Å². The highest BCUT2D eigenvalue weighted by Crippen LogP contribution is 2.17. The minimum atomic E-state index is -1.29. The van der Waals surface area contributed by atoms with Crippen molar-refractivity contribution in [2.45, 2.75) is 39.3 Å². The summed E-state index contributed by atoms with van der Waals surface area (Å²) in [5.74, 6) is 0.972. The van der Waals surface area contributed by atoms with Gasteiger partial charge in [-0.3, -0.25) is 0 Å². The second-order valence-corrected chi connectivity index (χ2v) is 5.71. The molecule has 0 aliphatic carbocycles. The molecule has 0 fully saturated rings. The summed E-state index contributed by atoms with van der Waals surface area (Å²) in [6.07, 6.45) is -0.820. The van der Waals surface area contributed by atoms with Crippen LogP contribution in [0.5, 0.6) is 0 Å². The molecule has 0 spiro atoms. The monoisotopic (exact) mass is 319 g/mol. The van der Waals surface area contributed by atoms with E-state index in [0.717, 1.165) is 0 Å². The molecule has 0 heterocycles. The van der Waals surface area contributed by atoms with Gasteiger partial charge in [0.15, 0.2) is 6.04 Å². The van der Waals surface area contributed by atoms with Crippen molar-refractivity contribution >= 4 is 23.6 Å². The van der Waals surface area contributed by atoms with Crippen LogP contribution in [0.2, 0.25) is 0 Å². The predicted octanol–water partition coefficient (Wildman–Crippen LogP) is 2.36. The lowest BCUT2D eigenvalue weighted by atomic mass is 10.00. The van der Waals surface area contributed by atoms with Crippen molar-refractivity contribution in [2.24, 2.45) is 0 Å². The molecule has 23 heavy (non-hydrogen) atoms. The topological polar surface area (TPSA) is 81.7 Å². The van der Waals surface area contributed by atoms with Gasteiger partial charge in [0.25, 0.3) is 0 Å². The number of hydrogen-bond donors (Lipinski definition) is 1. The Kier molecular flexibility index (Phi) is 6.54. The molecule has 0 bridgehead atoms. The molecular formula is C17H21NO5. The lowest BCUT2D eigenvalue weighted by molar-refractivity contribution is -0.143. The highest BCUT2D eigenvalue weighted by molar-refractivity contribution is 6.03. The van der Waals surface area contributed by atoms with Crippen LogP contribution in [0.4, 0.5) is 4.79 Å². The number of ether oxygens (including phenoxy) is 2.